The lowest BCUT2D eigenvalue weighted by Gasteiger charge is -2.11. The first-order valence-electron chi connectivity index (χ1n) is 9.41. The van der Waals surface area contributed by atoms with Gasteiger partial charge in [0.2, 0.25) is 5.36 Å². The number of benzene rings is 2. The fourth-order valence-corrected chi connectivity index (χ4v) is 3.73. The van der Waals surface area contributed by atoms with Crippen LogP contribution in [0.2, 0.25) is 0 Å². The lowest BCUT2D eigenvalue weighted by Crippen LogP contribution is -2.31. The van der Waals surface area contributed by atoms with Crippen LogP contribution in [0.15, 0.2) is 34.7 Å². The van der Waals surface area contributed by atoms with Gasteiger partial charge in [-0.2, -0.15) is 0 Å². The van der Waals surface area contributed by atoms with Gasteiger partial charge < -0.3 is 14.3 Å². The summed E-state index contributed by atoms with van der Waals surface area (Å²) in [6, 6.07) is 9.71. The number of nitrogens with zero attached hydrogens (tertiary/aromatic N) is 2. The zero-order chi connectivity index (χ0) is 20.3. The summed E-state index contributed by atoms with van der Waals surface area (Å²) in [4.78, 5) is 4.70. The second kappa shape index (κ2) is 8.28. The molecule has 0 spiro atoms. The summed E-state index contributed by atoms with van der Waals surface area (Å²) in [6.07, 6.45) is 0.288. The van der Waals surface area contributed by atoms with Crippen molar-refractivity contribution in [1.29, 1.82) is 0 Å². The SMILES string of the molecule is CCNc1cc2oc3c/c(=[N+](\CC)CCCS(=O)(=O)[O-])ccc-3nc2cc1C. The van der Waals surface area contributed by atoms with Gasteiger partial charge >= 0.3 is 0 Å². The third-order valence-corrected chi connectivity index (χ3v) is 5.44. The second-order valence-electron chi connectivity index (χ2n) is 6.73. The predicted molar refractivity (Wildman–Crippen MR) is 109 cm³/mol. The van der Waals surface area contributed by atoms with E-state index < -0.39 is 10.1 Å². The molecule has 1 heterocycles. The fraction of sp³-hybridized carbons (Fsp3) is 0.400. The monoisotopic (exact) mass is 403 g/mol. The van der Waals surface area contributed by atoms with Crippen molar-refractivity contribution in [3.8, 4) is 11.5 Å². The number of aromatic nitrogens is 1. The molecule has 0 amide bonds. The zero-order valence-corrected chi connectivity index (χ0v) is 17.2. The van der Waals surface area contributed by atoms with Crippen LogP contribution in [0.1, 0.15) is 25.8 Å². The smallest absolute Gasteiger partial charge is 0.203 e. The molecule has 0 saturated heterocycles. The lowest BCUT2D eigenvalue weighted by molar-refractivity contribution is 0.458. The fourth-order valence-electron chi connectivity index (χ4n) is 3.25. The van der Waals surface area contributed by atoms with Gasteiger partial charge in [-0.3, -0.25) is 0 Å². The molecule has 0 bridgehead atoms. The molecule has 1 N–H and O–H groups in total. The Hall–Kier alpha value is -2.45. The van der Waals surface area contributed by atoms with Crippen molar-refractivity contribution < 1.29 is 17.4 Å². The standard InChI is InChI=1S/C20H25N3O4S/c1-4-21-17-13-20-18(11-14(17)3)22-16-8-7-15(12-19(16)27-20)23(5-2)9-6-10-28(24,25)26/h7-8,11-13H,4-6,9-10H2,1-3H3,(H,24,25,26). The largest absolute Gasteiger partial charge is 0.748 e. The minimum absolute atomic E-state index is 0.288. The van der Waals surface area contributed by atoms with E-state index in [0.717, 1.165) is 34.4 Å². The van der Waals surface area contributed by atoms with E-state index in [1.807, 2.05) is 55.7 Å². The molecule has 2 aliphatic rings. The maximum Gasteiger partial charge on any atom is 0.203 e. The van der Waals surface area contributed by atoms with Crippen LogP contribution in [-0.2, 0) is 10.1 Å². The Bertz CT molecular complexity index is 1140. The molecule has 0 unspecified atom stereocenters. The molecule has 3 rings (SSSR count). The molecule has 1 aromatic rings. The molecule has 0 atom stereocenters. The van der Waals surface area contributed by atoms with E-state index in [2.05, 4.69) is 5.32 Å². The maximum atomic E-state index is 10.8. The average Bonchev–Trinajstić information content (AvgIpc) is 2.63. The molecule has 0 radical (unpaired) electrons. The summed E-state index contributed by atoms with van der Waals surface area (Å²) in [6.45, 7) is 8.05. The van der Waals surface area contributed by atoms with Crippen LogP contribution < -0.4 is 15.2 Å². The van der Waals surface area contributed by atoms with Crippen LogP contribution >= 0.6 is 0 Å². The van der Waals surface area contributed by atoms with Gasteiger partial charge in [0.25, 0.3) is 0 Å². The number of hydrogen-bond acceptors (Lipinski definition) is 6. The van der Waals surface area contributed by atoms with Crippen LogP contribution in [0.3, 0.4) is 0 Å². The summed E-state index contributed by atoms with van der Waals surface area (Å²) in [5.41, 5.74) is 4.38. The first-order chi connectivity index (χ1) is 13.3. The van der Waals surface area contributed by atoms with Crippen LogP contribution in [0.4, 0.5) is 5.69 Å². The van der Waals surface area contributed by atoms with Gasteiger partial charge in [-0.05, 0) is 38.5 Å². The van der Waals surface area contributed by atoms with Crippen molar-refractivity contribution in [3.05, 3.63) is 41.3 Å². The van der Waals surface area contributed by atoms with Crippen molar-refractivity contribution in [1.82, 2.24) is 9.56 Å². The summed E-state index contributed by atoms with van der Waals surface area (Å²) in [5.74, 6) is 0.298. The van der Waals surface area contributed by atoms with Gasteiger partial charge in [-0.15, -0.1) is 0 Å². The number of aryl methyl sites for hydroxylation is 1. The molecule has 1 aromatic carbocycles. The van der Waals surface area contributed by atoms with Crippen LogP contribution in [-0.4, -0.2) is 43.3 Å². The Balaban J connectivity index is 2.04. The molecule has 150 valence electrons. The minimum Gasteiger partial charge on any atom is -0.748 e. The Kier molecular flexibility index (Phi) is 6.00. The highest BCUT2D eigenvalue weighted by molar-refractivity contribution is 7.85. The van der Waals surface area contributed by atoms with Gasteiger partial charge in [-0.1, -0.05) is 0 Å². The second-order valence-corrected chi connectivity index (χ2v) is 8.25. The first-order valence-corrected chi connectivity index (χ1v) is 11.0. The molecule has 8 heteroatoms. The number of anilines is 1. The van der Waals surface area contributed by atoms with E-state index in [0.29, 0.717) is 24.4 Å². The van der Waals surface area contributed by atoms with Crippen LogP contribution in [0, 0.1) is 6.92 Å². The number of nitrogens with one attached hydrogen (secondary N) is 1. The van der Waals surface area contributed by atoms with Crippen molar-refractivity contribution in [3.63, 3.8) is 0 Å². The molecule has 28 heavy (non-hydrogen) atoms. The number of hydrogen-bond donors (Lipinski definition) is 1. The Morgan fingerprint density at radius 3 is 2.68 bits per heavy atom. The summed E-state index contributed by atoms with van der Waals surface area (Å²) in [7, 11) is -4.19. The lowest BCUT2D eigenvalue weighted by atomic mass is 10.1. The number of fused-ring (bicyclic) bond motifs is 2. The van der Waals surface area contributed by atoms with E-state index >= 15 is 0 Å². The highest BCUT2D eigenvalue weighted by Crippen LogP contribution is 2.27. The van der Waals surface area contributed by atoms with Gasteiger partial charge in [0.15, 0.2) is 11.3 Å². The third-order valence-electron chi connectivity index (χ3n) is 4.65. The first kappa shape index (κ1) is 20.3. The highest BCUT2D eigenvalue weighted by Gasteiger charge is 2.13. The molecule has 1 aliphatic carbocycles. The van der Waals surface area contributed by atoms with Crippen molar-refractivity contribution in [2.75, 3.05) is 30.7 Å². The van der Waals surface area contributed by atoms with Gasteiger partial charge in [0.05, 0.1) is 16.2 Å². The molecular weight excluding hydrogens is 378 g/mol. The molecular formula is C20H25N3O4S. The third kappa shape index (κ3) is 4.69. The Morgan fingerprint density at radius 2 is 2.00 bits per heavy atom. The molecule has 1 aliphatic heterocycles. The minimum atomic E-state index is -4.19. The van der Waals surface area contributed by atoms with E-state index in [4.69, 9.17) is 9.40 Å². The van der Waals surface area contributed by atoms with Gasteiger partial charge in [-0.25, -0.2) is 18.0 Å². The summed E-state index contributed by atoms with van der Waals surface area (Å²) in [5, 5.41) is 4.22. The zero-order valence-electron chi connectivity index (χ0n) is 16.4. The van der Waals surface area contributed by atoms with E-state index in [1.165, 1.54) is 0 Å². The topological polar surface area (TPSA) is 98.3 Å². The molecule has 7 nitrogen and oxygen atoms in total. The van der Waals surface area contributed by atoms with Gasteiger partial charge in [0.1, 0.15) is 24.3 Å². The number of rotatable bonds is 7. The van der Waals surface area contributed by atoms with E-state index in [9.17, 15) is 13.0 Å². The van der Waals surface area contributed by atoms with Crippen molar-refractivity contribution in [2.45, 2.75) is 27.2 Å². The molecule has 0 aromatic heterocycles. The molecule has 0 fully saturated rings. The van der Waals surface area contributed by atoms with Crippen LogP contribution in [0.5, 0.6) is 0 Å². The Labute approximate surface area is 164 Å². The summed E-state index contributed by atoms with van der Waals surface area (Å²) < 4.78 is 40.6. The van der Waals surface area contributed by atoms with Gasteiger partial charge in [0, 0.05) is 36.5 Å². The highest BCUT2D eigenvalue weighted by atomic mass is 32.2. The van der Waals surface area contributed by atoms with Crippen molar-refractivity contribution >= 4 is 26.9 Å². The van der Waals surface area contributed by atoms with Crippen LogP contribution in [0.25, 0.3) is 22.6 Å². The van der Waals surface area contributed by atoms with Crippen molar-refractivity contribution in [2.24, 2.45) is 0 Å². The quantitative estimate of drug-likeness (QED) is 0.370. The molecule has 0 saturated carbocycles. The van der Waals surface area contributed by atoms with E-state index in [1.54, 1.807) is 0 Å². The predicted octanol–water partition coefficient (Wildman–Crippen LogP) is 2.40. The summed E-state index contributed by atoms with van der Waals surface area (Å²) >= 11 is 0. The van der Waals surface area contributed by atoms with E-state index in [-0.39, 0.29) is 12.2 Å². The normalized spacial score (nSPS) is 13.1. The Morgan fingerprint density at radius 1 is 1.21 bits per heavy atom. The average molecular weight is 404 g/mol. The maximum absolute atomic E-state index is 10.8.